The van der Waals surface area contributed by atoms with Gasteiger partial charge in [-0.3, -0.25) is 19.7 Å². The van der Waals surface area contributed by atoms with Crippen LogP contribution in [0.3, 0.4) is 0 Å². The van der Waals surface area contributed by atoms with Gasteiger partial charge in [-0.2, -0.15) is 5.10 Å². The molecule has 0 spiro atoms. The highest BCUT2D eigenvalue weighted by Gasteiger charge is 2.19. The van der Waals surface area contributed by atoms with Gasteiger partial charge in [-0.05, 0) is 30.9 Å². The topological polar surface area (TPSA) is 107 Å². The molecule has 0 aliphatic carbocycles. The Kier molecular flexibility index (Phi) is 5.41. The van der Waals surface area contributed by atoms with Crippen molar-refractivity contribution in [3.63, 3.8) is 0 Å². The van der Waals surface area contributed by atoms with Gasteiger partial charge < -0.3 is 5.32 Å². The number of para-hydroxylation sites is 2. The predicted molar refractivity (Wildman–Crippen MR) is 102 cm³/mol. The van der Waals surface area contributed by atoms with Gasteiger partial charge in [0.2, 0.25) is 5.43 Å². The van der Waals surface area contributed by atoms with Gasteiger partial charge >= 0.3 is 0 Å². The van der Waals surface area contributed by atoms with Gasteiger partial charge in [0, 0.05) is 29.2 Å². The third-order valence-electron chi connectivity index (χ3n) is 3.87. The molecule has 2 heterocycles. The number of thiophene rings is 1. The Hall–Kier alpha value is -3.33. The van der Waals surface area contributed by atoms with Crippen LogP contribution in [0.2, 0.25) is 0 Å². The Bertz CT molecular complexity index is 1040. The van der Waals surface area contributed by atoms with Crippen molar-refractivity contribution in [2.75, 3.05) is 6.54 Å². The van der Waals surface area contributed by atoms with Crippen LogP contribution in [0.5, 0.6) is 0 Å². The molecule has 1 aromatic carbocycles. The lowest BCUT2D eigenvalue weighted by molar-refractivity contribution is -0.384. The van der Waals surface area contributed by atoms with Gasteiger partial charge in [0.25, 0.3) is 11.6 Å². The molecule has 0 radical (unpaired) electrons. The minimum absolute atomic E-state index is 0.166. The van der Waals surface area contributed by atoms with E-state index in [0.29, 0.717) is 18.7 Å². The lowest BCUT2D eigenvalue weighted by Gasteiger charge is -2.11. The third kappa shape index (κ3) is 4.09. The lowest BCUT2D eigenvalue weighted by Crippen LogP contribution is -2.33. The predicted octanol–water partition coefficient (Wildman–Crippen LogP) is 2.48. The fourth-order valence-corrected chi connectivity index (χ4v) is 3.29. The van der Waals surface area contributed by atoms with Crippen LogP contribution < -0.4 is 10.7 Å². The van der Waals surface area contributed by atoms with E-state index in [4.69, 9.17) is 0 Å². The zero-order chi connectivity index (χ0) is 19.4. The van der Waals surface area contributed by atoms with Crippen molar-refractivity contribution in [3.8, 4) is 5.69 Å². The molecule has 27 heavy (non-hydrogen) atoms. The molecule has 0 saturated heterocycles. The molecule has 0 atom stereocenters. The first-order valence-corrected chi connectivity index (χ1v) is 9.00. The summed E-state index contributed by atoms with van der Waals surface area (Å²) in [5.41, 5.74) is -0.418. The van der Waals surface area contributed by atoms with Crippen LogP contribution in [0.4, 0.5) is 5.69 Å². The number of amides is 1. The Morgan fingerprint density at radius 2 is 2.07 bits per heavy atom. The van der Waals surface area contributed by atoms with Crippen molar-refractivity contribution in [2.45, 2.75) is 13.3 Å². The minimum atomic E-state index is -0.608. The average molecular weight is 384 g/mol. The molecule has 0 fully saturated rings. The number of nitro benzene ring substituents is 1. The van der Waals surface area contributed by atoms with Crippen LogP contribution in [0.1, 0.15) is 21.1 Å². The summed E-state index contributed by atoms with van der Waals surface area (Å²) >= 11 is 1.58. The molecule has 0 aliphatic heterocycles. The van der Waals surface area contributed by atoms with E-state index in [1.54, 1.807) is 24.3 Å². The summed E-state index contributed by atoms with van der Waals surface area (Å²) in [6, 6.07) is 11.2. The molecule has 8 nitrogen and oxygen atoms in total. The van der Waals surface area contributed by atoms with Crippen molar-refractivity contribution in [1.29, 1.82) is 0 Å². The van der Waals surface area contributed by atoms with Crippen LogP contribution in [-0.2, 0) is 6.42 Å². The zero-order valence-corrected chi connectivity index (χ0v) is 15.2. The number of nitro groups is 1. The van der Waals surface area contributed by atoms with Crippen molar-refractivity contribution >= 4 is 22.9 Å². The molecule has 138 valence electrons. The van der Waals surface area contributed by atoms with E-state index < -0.39 is 16.3 Å². The second-order valence-corrected chi connectivity index (χ2v) is 6.77. The molecule has 3 rings (SSSR count). The van der Waals surface area contributed by atoms with Crippen LogP contribution >= 0.6 is 11.3 Å². The number of nitrogens with one attached hydrogen (secondary N) is 1. The highest BCUT2D eigenvalue weighted by Crippen LogP contribution is 2.22. The Morgan fingerprint density at radius 3 is 2.78 bits per heavy atom. The number of aromatic nitrogens is 2. The largest absolute Gasteiger partial charge is 0.350 e. The molecule has 0 saturated carbocycles. The quantitative estimate of drug-likeness (QED) is 0.519. The summed E-state index contributed by atoms with van der Waals surface area (Å²) < 4.78 is 1.24. The molecule has 1 amide bonds. The summed E-state index contributed by atoms with van der Waals surface area (Å²) in [5, 5.41) is 20.0. The molecule has 3 aromatic rings. The van der Waals surface area contributed by atoms with Crippen LogP contribution in [0, 0.1) is 17.0 Å². The second kappa shape index (κ2) is 7.92. The van der Waals surface area contributed by atoms with Crippen molar-refractivity contribution < 1.29 is 9.72 Å². The first kappa shape index (κ1) is 18.5. The maximum atomic E-state index is 12.4. The number of rotatable bonds is 6. The van der Waals surface area contributed by atoms with Gasteiger partial charge in [0.05, 0.1) is 4.92 Å². The van der Waals surface area contributed by atoms with Gasteiger partial charge in [-0.1, -0.05) is 18.2 Å². The number of benzene rings is 1. The number of carbonyl (C=O) groups is 1. The van der Waals surface area contributed by atoms with E-state index in [1.165, 1.54) is 28.9 Å². The molecular weight excluding hydrogens is 368 g/mol. The Balaban J connectivity index is 1.89. The molecule has 0 unspecified atom stereocenters. The minimum Gasteiger partial charge on any atom is -0.350 e. The van der Waals surface area contributed by atoms with Crippen molar-refractivity contribution in [2.24, 2.45) is 0 Å². The average Bonchev–Trinajstić information content (AvgIpc) is 3.15. The third-order valence-corrected chi connectivity index (χ3v) is 4.80. The van der Waals surface area contributed by atoms with Crippen LogP contribution in [0.25, 0.3) is 5.69 Å². The van der Waals surface area contributed by atoms with Crippen molar-refractivity contribution in [1.82, 2.24) is 15.1 Å². The SMILES string of the molecule is Cc1cc(=O)c(C(=O)NCCc2cccs2)nn1-c1ccccc1[N+](=O)[O-]. The monoisotopic (exact) mass is 384 g/mol. The Morgan fingerprint density at radius 1 is 1.30 bits per heavy atom. The van der Waals surface area contributed by atoms with Gasteiger partial charge in [0.15, 0.2) is 5.69 Å². The Labute approximate surface area is 158 Å². The number of carbonyl (C=O) groups excluding carboxylic acids is 1. The van der Waals surface area contributed by atoms with E-state index in [-0.39, 0.29) is 17.1 Å². The fourth-order valence-electron chi connectivity index (χ4n) is 2.58. The van der Waals surface area contributed by atoms with E-state index in [1.807, 2.05) is 17.5 Å². The lowest BCUT2D eigenvalue weighted by atomic mass is 10.2. The highest BCUT2D eigenvalue weighted by atomic mass is 32.1. The number of hydrogen-bond acceptors (Lipinski definition) is 6. The summed E-state index contributed by atoms with van der Waals surface area (Å²) in [6.45, 7) is 1.96. The molecule has 2 aromatic heterocycles. The van der Waals surface area contributed by atoms with Crippen LogP contribution in [-0.4, -0.2) is 27.2 Å². The second-order valence-electron chi connectivity index (χ2n) is 5.74. The van der Waals surface area contributed by atoms with E-state index in [9.17, 15) is 19.7 Å². The fraction of sp³-hybridized carbons (Fsp3) is 0.167. The smallest absolute Gasteiger partial charge is 0.294 e. The van der Waals surface area contributed by atoms with Gasteiger partial charge in [-0.15, -0.1) is 11.3 Å². The zero-order valence-electron chi connectivity index (χ0n) is 14.4. The maximum absolute atomic E-state index is 12.4. The normalized spacial score (nSPS) is 10.6. The molecule has 0 bridgehead atoms. The first-order chi connectivity index (χ1) is 13.0. The van der Waals surface area contributed by atoms with Crippen LogP contribution in [0.15, 0.2) is 52.6 Å². The van der Waals surface area contributed by atoms with E-state index in [0.717, 1.165) is 4.88 Å². The summed E-state index contributed by atoms with van der Waals surface area (Å²) in [6.07, 6.45) is 0.646. The van der Waals surface area contributed by atoms with Crippen molar-refractivity contribution in [3.05, 3.63) is 84.4 Å². The highest BCUT2D eigenvalue weighted by molar-refractivity contribution is 7.09. The van der Waals surface area contributed by atoms with Gasteiger partial charge in [-0.25, -0.2) is 4.68 Å². The van der Waals surface area contributed by atoms with E-state index in [2.05, 4.69) is 10.4 Å². The molecule has 9 heteroatoms. The number of hydrogen-bond donors (Lipinski definition) is 1. The van der Waals surface area contributed by atoms with Gasteiger partial charge in [0.1, 0.15) is 5.69 Å². The summed E-state index contributed by atoms with van der Waals surface area (Å²) in [4.78, 5) is 36.5. The van der Waals surface area contributed by atoms with E-state index >= 15 is 0 Å². The molecule has 1 N–H and O–H groups in total. The number of aryl methyl sites for hydroxylation is 1. The number of nitrogens with zero attached hydrogens (tertiary/aromatic N) is 3. The summed E-state index contributed by atoms with van der Waals surface area (Å²) in [7, 11) is 0. The summed E-state index contributed by atoms with van der Waals surface area (Å²) in [5.74, 6) is -0.608. The molecular formula is C18H16N4O4S. The first-order valence-electron chi connectivity index (χ1n) is 8.12. The molecule has 0 aliphatic rings. The standard InChI is InChI=1S/C18H16N4O4S/c1-12-11-16(23)17(18(24)19-9-8-13-5-4-10-27-13)20-21(12)14-6-2-3-7-15(14)22(25)26/h2-7,10-11H,8-9H2,1H3,(H,19,24). The maximum Gasteiger partial charge on any atom is 0.294 e.